The third kappa shape index (κ3) is 3.84. The zero-order chi connectivity index (χ0) is 13.6. The van der Waals surface area contributed by atoms with E-state index in [0.29, 0.717) is 13.0 Å². The van der Waals surface area contributed by atoms with E-state index in [9.17, 15) is 4.79 Å². The summed E-state index contributed by atoms with van der Waals surface area (Å²) in [5.41, 5.74) is 7.66. The standard InChI is InChI=1S/C15H24N2O/c1-4-10-15(3,16)14(18)17-11-13-9-7-6-8-12(13)5-2/h6-9H,4-5,10-11,16H2,1-3H3,(H,17,18). The Hall–Kier alpha value is -1.35. The molecule has 0 fully saturated rings. The molecule has 0 saturated heterocycles. The highest BCUT2D eigenvalue weighted by Gasteiger charge is 2.26. The fraction of sp³-hybridized carbons (Fsp3) is 0.533. The Morgan fingerprint density at radius 2 is 1.89 bits per heavy atom. The lowest BCUT2D eigenvalue weighted by atomic mass is 9.96. The summed E-state index contributed by atoms with van der Waals surface area (Å²) < 4.78 is 0. The second-order valence-corrected chi connectivity index (χ2v) is 4.97. The minimum atomic E-state index is -0.768. The minimum absolute atomic E-state index is 0.0738. The Bertz CT molecular complexity index is 399. The van der Waals surface area contributed by atoms with Crippen LogP contribution >= 0.6 is 0 Å². The monoisotopic (exact) mass is 248 g/mol. The highest BCUT2D eigenvalue weighted by molar-refractivity contribution is 5.85. The molecule has 3 N–H and O–H groups in total. The first-order valence-corrected chi connectivity index (χ1v) is 6.65. The molecule has 0 aromatic heterocycles. The molecule has 1 aromatic rings. The maximum atomic E-state index is 12.0. The average molecular weight is 248 g/mol. The molecule has 0 radical (unpaired) electrons. The quantitative estimate of drug-likeness (QED) is 0.812. The van der Waals surface area contributed by atoms with Crippen molar-refractivity contribution in [3.05, 3.63) is 35.4 Å². The van der Waals surface area contributed by atoms with Gasteiger partial charge in [-0.3, -0.25) is 4.79 Å². The van der Waals surface area contributed by atoms with Crippen LogP contribution in [0.4, 0.5) is 0 Å². The van der Waals surface area contributed by atoms with Crippen molar-refractivity contribution in [3.63, 3.8) is 0 Å². The van der Waals surface area contributed by atoms with Gasteiger partial charge in [-0.25, -0.2) is 0 Å². The molecular formula is C15H24N2O. The summed E-state index contributed by atoms with van der Waals surface area (Å²) in [5, 5.41) is 2.93. The SMILES string of the molecule is CCCC(C)(N)C(=O)NCc1ccccc1CC. The van der Waals surface area contributed by atoms with Crippen molar-refractivity contribution in [2.45, 2.75) is 52.1 Å². The molecule has 1 atom stereocenters. The van der Waals surface area contributed by atoms with Crippen LogP contribution in [0.1, 0.15) is 44.7 Å². The first-order valence-electron chi connectivity index (χ1n) is 6.65. The molecule has 0 bridgehead atoms. The highest BCUT2D eigenvalue weighted by Crippen LogP contribution is 2.11. The van der Waals surface area contributed by atoms with Crippen molar-refractivity contribution in [2.24, 2.45) is 5.73 Å². The fourth-order valence-corrected chi connectivity index (χ4v) is 2.09. The summed E-state index contributed by atoms with van der Waals surface area (Å²) in [6.07, 6.45) is 2.58. The van der Waals surface area contributed by atoms with Gasteiger partial charge >= 0.3 is 0 Å². The molecule has 0 heterocycles. The molecule has 1 aromatic carbocycles. The van der Waals surface area contributed by atoms with Crippen LogP contribution in [-0.4, -0.2) is 11.4 Å². The molecule has 0 aliphatic rings. The van der Waals surface area contributed by atoms with Crippen LogP contribution in [0.3, 0.4) is 0 Å². The van der Waals surface area contributed by atoms with Crippen molar-refractivity contribution < 1.29 is 4.79 Å². The van der Waals surface area contributed by atoms with Crippen LogP contribution in [0, 0.1) is 0 Å². The Morgan fingerprint density at radius 3 is 2.44 bits per heavy atom. The molecule has 0 aliphatic heterocycles. The molecule has 0 aliphatic carbocycles. The van der Waals surface area contributed by atoms with Gasteiger partial charge in [0.05, 0.1) is 5.54 Å². The normalized spacial score (nSPS) is 14.0. The van der Waals surface area contributed by atoms with Crippen LogP contribution in [0.5, 0.6) is 0 Å². The number of benzene rings is 1. The van der Waals surface area contributed by atoms with E-state index in [4.69, 9.17) is 5.73 Å². The van der Waals surface area contributed by atoms with Gasteiger partial charge in [-0.05, 0) is 30.9 Å². The molecule has 18 heavy (non-hydrogen) atoms. The predicted molar refractivity (Wildman–Crippen MR) is 75.2 cm³/mol. The van der Waals surface area contributed by atoms with E-state index in [2.05, 4.69) is 18.3 Å². The van der Waals surface area contributed by atoms with Gasteiger partial charge < -0.3 is 11.1 Å². The smallest absolute Gasteiger partial charge is 0.240 e. The summed E-state index contributed by atoms with van der Waals surface area (Å²) >= 11 is 0. The van der Waals surface area contributed by atoms with Crippen LogP contribution in [-0.2, 0) is 17.8 Å². The zero-order valence-electron chi connectivity index (χ0n) is 11.6. The fourth-order valence-electron chi connectivity index (χ4n) is 2.09. The number of nitrogens with two attached hydrogens (primary N) is 1. The third-order valence-corrected chi connectivity index (χ3v) is 3.23. The minimum Gasteiger partial charge on any atom is -0.350 e. The number of carbonyl (C=O) groups excluding carboxylic acids is 1. The second kappa shape index (κ2) is 6.55. The highest BCUT2D eigenvalue weighted by atomic mass is 16.2. The van der Waals surface area contributed by atoms with Crippen molar-refractivity contribution in [1.29, 1.82) is 0 Å². The Kier molecular flexibility index (Phi) is 5.35. The lowest BCUT2D eigenvalue weighted by Crippen LogP contribution is -2.51. The number of hydrogen-bond donors (Lipinski definition) is 2. The van der Waals surface area contributed by atoms with E-state index < -0.39 is 5.54 Å². The maximum absolute atomic E-state index is 12.0. The Morgan fingerprint density at radius 1 is 1.28 bits per heavy atom. The van der Waals surface area contributed by atoms with Gasteiger partial charge in [0.15, 0.2) is 0 Å². The predicted octanol–water partition coefficient (Wildman–Crippen LogP) is 2.38. The van der Waals surface area contributed by atoms with E-state index in [0.717, 1.165) is 12.8 Å². The zero-order valence-corrected chi connectivity index (χ0v) is 11.6. The van der Waals surface area contributed by atoms with Gasteiger partial charge in [-0.15, -0.1) is 0 Å². The number of carbonyl (C=O) groups is 1. The van der Waals surface area contributed by atoms with Crippen LogP contribution in [0.2, 0.25) is 0 Å². The average Bonchev–Trinajstić information content (AvgIpc) is 2.36. The van der Waals surface area contributed by atoms with Crippen LogP contribution < -0.4 is 11.1 Å². The third-order valence-electron chi connectivity index (χ3n) is 3.23. The largest absolute Gasteiger partial charge is 0.350 e. The van der Waals surface area contributed by atoms with Crippen LogP contribution in [0.15, 0.2) is 24.3 Å². The molecule has 1 rings (SSSR count). The molecule has 1 unspecified atom stereocenters. The lowest BCUT2D eigenvalue weighted by Gasteiger charge is -2.23. The Labute approximate surface area is 110 Å². The molecule has 0 spiro atoms. The van der Waals surface area contributed by atoms with Crippen molar-refractivity contribution >= 4 is 5.91 Å². The van der Waals surface area contributed by atoms with Crippen molar-refractivity contribution in [3.8, 4) is 0 Å². The first-order chi connectivity index (χ1) is 8.51. The number of rotatable bonds is 6. The summed E-state index contributed by atoms with van der Waals surface area (Å²) in [5.74, 6) is -0.0738. The summed E-state index contributed by atoms with van der Waals surface area (Å²) in [4.78, 5) is 12.0. The molecule has 1 amide bonds. The van der Waals surface area contributed by atoms with E-state index >= 15 is 0 Å². The molecule has 0 saturated carbocycles. The van der Waals surface area contributed by atoms with Gasteiger partial charge in [0.2, 0.25) is 5.91 Å². The Balaban J connectivity index is 2.62. The van der Waals surface area contributed by atoms with E-state index in [1.807, 2.05) is 25.1 Å². The molecule has 3 heteroatoms. The van der Waals surface area contributed by atoms with Gasteiger partial charge in [0.25, 0.3) is 0 Å². The number of nitrogens with one attached hydrogen (secondary N) is 1. The van der Waals surface area contributed by atoms with Crippen molar-refractivity contribution in [2.75, 3.05) is 0 Å². The maximum Gasteiger partial charge on any atom is 0.240 e. The second-order valence-electron chi connectivity index (χ2n) is 4.97. The summed E-state index contributed by atoms with van der Waals surface area (Å²) in [6.45, 7) is 6.49. The van der Waals surface area contributed by atoms with E-state index in [1.165, 1.54) is 11.1 Å². The molecule has 3 nitrogen and oxygen atoms in total. The van der Waals surface area contributed by atoms with Gasteiger partial charge in [0.1, 0.15) is 0 Å². The van der Waals surface area contributed by atoms with Crippen molar-refractivity contribution in [1.82, 2.24) is 5.32 Å². The van der Waals surface area contributed by atoms with E-state index in [-0.39, 0.29) is 5.91 Å². The topological polar surface area (TPSA) is 55.1 Å². The first kappa shape index (κ1) is 14.7. The summed E-state index contributed by atoms with van der Waals surface area (Å²) in [6, 6.07) is 8.16. The van der Waals surface area contributed by atoms with Gasteiger partial charge in [0, 0.05) is 6.54 Å². The number of amides is 1. The molecular weight excluding hydrogens is 224 g/mol. The number of hydrogen-bond acceptors (Lipinski definition) is 2. The van der Waals surface area contributed by atoms with Gasteiger partial charge in [-0.1, -0.05) is 44.5 Å². The van der Waals surface area contributed by atoms with E-state index in [1.54, 1.807) is 6.92 Å². The van der Waals surface area contributed by atoms with Crippen LogP contribution in [0.25, 0.3) is 0 Å². The molecule has 100 valence electrons. The number of aryl methyl sites for hydroxylation is 1. The lowest BCUT2D eigenvalue weighted by molar-refractivity contribution is -0.126. The summed E-state index contributed by atoms with van der Waals surface area (Å²) in [7, 11) is 0. The van der Waals surface area contributed by atoms with Gasteiger partial charge in [-0.2, -0.15) is 0 Å².